The zero-order valence-corrected chi connectivity index (χ0v) is 11.4. The van der Waals surface area contributed by atoms with Crippen LogP contribution in [0.1, 0.15) is 11.1 Å². The second-order valence-corrected chi connectivity index (χ2v) is 5.91. The van der Waals surface area contributed by atoms with E-state index in [1.807, 2.05) is 0 Å². The van der Waals surface area contributed by atoms with Crippen LogP contribution in [0.5, 0.6) is 0 Å². The van der Waals surface area contributed by atoms with E-state index in [2.05, 4.69) is 4.72 Å². The van der Waals surface area contributed by atoms with E-state index in [4.69, 9.17) is 5.26 Å². The maximum atomic E-state index is 13.0. The Morgan fingerprint density at radius 3 is 2.60 bits per heavy atom. The van der Waals surface area contributed by atoms with E-state index >= 15 is 0 Å². The van der Waals surface area contributed by atoms with E-state index in [0.29, 0.717) is 0 Å². The summed E-state index contributed by atoms with van der Waals surface area (Å²) < 4.78 is 39.7. The fraction of sp³-hybridized carbons (Fsp3) is 0.0714. The van der Waals surface area contributed by atoms with Crippen LogP contribution in [0.4, 0.5) is 10.1 Å². The molecular formula is C14H11FN2O2S. The second-order valence-electron chi connectivity index (χ2n) is 4.22. The largest absolute Gasteiger partial charge is 0.278 e. The molecular weight excluding hydrogens is 279 g/mol. The van der Waals surface area contributed by atoms with Crippen molar-refractivity contribution in [2.75, 3.05) is 4.72 Å². The summed E-state index contributed by atoms with van der Waals surface area (Å²) in [5.41, 5.74) is 0.782. The monoisotopic (exact) mass is 290 g/mol. The number of aryl methyl sites for hydroxylation is 1. The molecule has 0 atom stereocenters. The van der Waals surface area contributed by atoms with Gasteiger partial charge in [0.15, 0.2) is 0 Å². The van der Waals surface area contributed by atoms with Gasteiger partial charge in [0.25, 0.3) is 10.0 Å². The van der Waals surface area contributed by atoms with E-state index in [1.165, 1.54) is 18.2 Å². The van der Waals surface area contributed by atoms with E-state index in [-0.39, 0.29) is 16.1 Å². The van der Waals surface area contributed by atoms with Gasteiger partial charge in [0.1, 0.15) is 11.9 Å². The number of anilines is 1. The van der Waals surface area contributed by atoms with Gasteiger partial charge in [-0.3, -0.25) is 4.72 Å². The lowest BCUT2D eigenvalue weighted by Crippen LogP contribution is -2.14. The average Bonchev–Trinajstić information content (AvgIpc) is 2.40. The summed E-state index contributed by atoms with van der Waals surface area (Å²) >= 11 is 0. The number of nitriles is 1. The van der Waals surface area contributed by atoms with Gasteiger partial charge in [-0.1, -0.05) is 12.1 Å². The summed E-state index contributed by atoms with van der Waals surface area (Å²) in [5, 5.41) is 8.90. The fourth-order valence-corrected chi connectivity index (χ4v) is 2.87. The Balaban J connectivity index is 2.42. The Morgan fingerprint density at radius 1 is 1.20 bits per heavy atom. The van der Waals surface area contributed by atoms with Crippen molar-refractivity contribution in [3.8, 4) is 6.07 Å². The minimum Gasteiger partial charge on any atom is -0.278 e. The van der Waals surface area contributed by atoms with Crippen LogP contribution >= 0.6 is 0 Å². The minimum atomic E-state index is -3.80. The van der Waals surface area contributed by atoms with Crippen LogP contribution in [-0.2, 0) is 10.0 Å². The van der Waals surface area contributed by atoms with Gasteiger partial charge in [-0.15, -0.1) is 0 Å². The van der Waals surface area contributed by atoms with Crippen LogP contribution in [-0.4, -0.2) is 8.42 Å². The van der Waals surface area contributed by atoms with Crippen molar-refractivity contribution in [3.63, 3.8) is 0 Å². The third kappa shape index (κ3) is 2.95. The maximum absolute atomic E-state index is 13.0. The molecule has 20 heavy (non-hydrogen) atoms. The summed E-state index contributed by atoms with van der Waals surface area (Å²) in [5.74, 6) is -0.597. The molecule has 0 aliphatic rings. The molecule has 0 spiro atoms. The van der Waals surface area contributed by atoms with Crippen molar-refractivity contribution in [3.05, 3.63) is 59.4 Å². The molecule has 0 aliphatic carbocycles. The predicted molar refractivity (Wildman–Crippen MR) is 73.1 cm³/mol. The first-order chi connectivity index (χ1) is 9.42. The highest BCUT2D eigenvalue weighted by Crippen LogP contribution is 2.21. The van der Waals surface area contributed by atoms with Crippen LogP contribution in [0.2, 0.25) is 0 Å². The molecule has 1 N–H and O–H groups in total. The molecule has 0 saturated carbocycles. The Morgan fingerprint density at radius 2 is 1.95 bits per heavy atom. The number of halogens is 1. The lowest BCUT2D eigenvalue weighted by atomic mass is 10.2. The predicted octanol–water partition coefficient (Wildman–Crippen LogP) is 2.81. The number of hydrogen-bond acceptors (Lipinski definition) is 3. The van der Waals surface area contributed by atoms with Gasteiger partial charge in [-0.2, -0.15) is 5.26 Å². The van der Waals surface area contributed by atoms with Gasteiger partial charge in [0, 0.05) is 0 Å². The molecule has 0 amide bonds. The molecule has 102 valence electrons. The molecule has 0 aliphatic heterocycles. The van der Waals surface area contributed by atoms with Crippen LogP contribution in [0.15, 0.2) is 47.4 Å². The first-order valence-corrected chi connectivity index (χ1v) is 7.20. The van der Waals surface area contributed by atoms with Crippen molar-refractivity contribution < 1.29 is 12.8 Å². The molecule has 4 nitrogen and oxygen atoms in total. The third-order valence-electron chi connectivity index (χ3n) is 2.65. The zero-order chi connectivity index (χ0) is 14.8. The highest BCUT2D eigenvalue weighted by atomic mass is 32.2. The molecule has 0 aromatic heterocycles. The van der Waals surface area contributed by atoms with Crippen molar-refractivity contribution in [2.24, 2.45) is 0 Å². The summed E-state index contributed by atoms with van der Waals surface area (Å²) in [4.78, 5) is 0.0886. The van der Waals surface area contributed by atoms with Crippen molar-refractivity contribution in [1.29, 1.82) is 5.26 Å². The van der Waals surface area contributed by atoms with E-state index in [1.54, 1.807) is 25.1 Å². The molecule has 0 radical (unpaired) electrons. The minimum absolute atomic E-state index is 0.0513. The Bertz CT molecular complexity index is 795. The van der Waals surface area contributed by atoms with Gasteiger partial charge in [-0.05, 0) is 42.8 Å². The highest BCUT2D eigenvalue weighted by molar-refractivity contribution is 7.92. The molecule has 0 bridgehead atoms. The second kappa shape index (κ2) is 5.31. The van der Waals surface area contributed by atoms with Crippen molar-refractivity contribution >= 4 is 15.7 Å². The van der Waals surface area contributed by atoms with Crippen LogP contribution < -0.4 is 4.72 Å². The summed E-state index contributed by atoms with van der Waals surface area (Å²) in [6, 6.07) is 11.4. The lowest BCUT2D eigenvalue weighted by Gasteiger charge is -2.10. The molecule has 0 heterocycles. The quantitative estimate of drug-likeness (QED) is 0.945. The molecule has 0 unspecified atom stereocenters. The Hall–Kier alpha value is -2.39. The first kappa shape index (κ1) is 14.0. The Labute approximate surface area is 116 Å². The lowest BCUT2D eigenvalue weighted by molar-refractivity contribution is 0.601. The topological polar surface area (TPSA) is 70.0 Å². The van der Waals surface area contributed by atoms with Crippen LogP contribution in [0, 0.1) is 24.1 Å². The van der Waals surface area contributed by atoms with Crippen molar-refractivity contribution in [1.82, 2.24) is 0 Å². The molecule has 6 heteroatoms. The van der Waals surface area contributed by atoms with E-state index in [0.717, 1.165) is 17.7 Å². The molecule has 0 fully saturated rings. The fourth-order valence-electron chi connectivity index (χ4n) is 1.68. The number of rotatable bonds is 3. The Kier molecular flexibility index (Phi) is 3.72. The molecule has 2 aromatic rings. The number of hydrogen-bond donors (Lipinski definition) is 1. The summed E-state index contributed by atoms with van der Waals surface area (Å²) in [6.45, 7) is 1.78. The van der Waals surface area contributed by atoms with Gasteiger partial charge < -0.3 is 0 Å². The number of benzene rings is 2. The van der Waals surface area contributed by atoms with E-state index < -0.39 is 15.8 Å². The van der Waals surface area contributed by atoms with Gasteiger partial charge in [0.05, 0.1) is 16.1 Å². The molecule has 0 saturated heterocycles. The SMILES string of the molecule is Cc1cccc(S(=O)(=O)Nc2ccc(F)cc2C#N)c1. The molecule has 2 aromatic carbocycles. The normalized spacial score (nSPS) is 10.8. The molecule has 2 rings (SSSR count). The van der Waals surface area contributed by atoms with Crippen LogP contribution in [0.25, 0.3) is 0 Å². The van der Waals surface area contributed by atoms with Gasteiger partial charge in [0.2, 0.25) is 0 Å². The van der Waals surface area contributed by atoms with Gasteiger partial charge >= 0.3 is 0 Å². The number of nitrogens with one attached hydrogen (secondary N) is 1. The third-order valence-corrected chi connectivity index (χ3v) is 4.01. The average molecular weight is 290 g/mol. The van der Waals surface area contributed by atoms with Crippen LogP contribution in [0.3, 0.4) is 0 Å². The van der Waals surface area contributed by atoms with Crippen molar-refractivity contribution in [2.45, 2.75) is 11.8 Å². The highest BCUT2D eigenvalue weighted by Gasteiger charge is 2.16. The van der Waals surface area contributed by atoms with Gasteiger partial charge in [-0.25, -0.2) is 12.8 Å². The first-order valence-electron chi connectivity index (χ1n) is 5.71. The standard InChI is InChI=1S/C14H11FN2O2S/c1-10-3-2-4-13(7-10)20(18,19)17-14-6-5-12(15)8-11(14)9-16/h2-8,17H,1H3. The van der Waals surface area contributed by atoms with E-state index in [9.17, 15) is 12.8 Å². The smallest absolute Gasteiger partial charge is 0.261 e. The summed E-state index contributed by atoms with van der Waals surface area (Å²) in [7, 11) is -3.80. The maximum Gasteiger partial charge on any atom is 0.261 e. The number of nitrogens with zero attached hydrogens (tertiary/aromatic N) is 1. The number of sulfonamides is 1. The zero-order valence-electron chi connectivity index (χ0n) is 10.6. The summed E-state index contributed by atoms with van der Waals surface area (Å²) in [6.07, 6.45) is 0.